The second-order valence-electron chi connectivity index (χ2n) is 6.12. The smallest absolute Gasteiger partial charge is 0.326 e. The molecule has 0 saturated heterocycles. The summed E-state index contributed by atoms with van der Waals surface area (Å²) >= 11 is 11.8. The molecular weight excluding hydrogens is 405 g/mol. The number of nitrogens with zero attached hydrogens (tertiary/aromatic N) is 1. The third-order valence-corrected chi connectivity index (χ3v) is 4.93. The first kappa shape index (κ1) is 20.0. The van der Waals surface area contributed by atoms with Crippen molar-refractivity contribution in [1.29, 1.82) is 0 Å². The van der Waals surface area contributed by atoms with Gasteiger partial charge in [-0.05, 0) is 18.6 Å². The monoisotopic (exact) mass is 419 g/mol. The second-order valence-corrected chi connectivity index (χ2v) is 6.94. The summed E-state index contributed by atoms with van der Waals surface area (Å²) in [5.74, 6) is -2.05. The quantitative estimate of drug-likeness (QED) is 0.295. The number of carbonyl (C=O) groups is 4. The fourth-order valence-electron chi connectivity index (χ4n) is 2.79. The molecule has 1 aliphatic rings. The summed E-state index contributed by atoms with van der Waals surface area (Å²) in [5.41, 5.74) is 0.790. The average molecular weight is 420 g/mol. The first-order chi connectivity index (χ1) is 13.4. The Kier molecular flexibility index (Phi) is 6.11. The van der Waals surface area contributed by atoms with Crippen LogP contribution in [0.3, 0.4) is 0 Å². The van der Waals surface area contributed by atoms with Crippen molar-refractivity contribution in [1.82, 2.24) is 4.90 Å². The molecule has 0 aliphatic carbocycles. The minimum atomic E-state index is -0.737. The number of benzene rings is 2. The molecule has 0 saturated carbocycles. The Bertz CT molecular complexity index is 918. The summed E-state index contributed by atoms with van der Waals surface area (Å²) < 4.78 is 5.04. The first-order valence-corrected chi connectivity index (χ1v) is 9.23. The van der Waals surface area contributed by atoms with Crippen LogP contribution in [0.2, 0.25) is 10.0 Å². The van der Waals surface area contributed by atoms with E-state index in [9.17, 15) is 19.2 Å². The number of ether oxygens (including phenoxy) is 1. The van der Waals surface area contributed by atoms with Gasteiger partial charge >= 0.3 is 5.97 Å². The molecule has 28 heavy (non-hydrogen) atoms. The van der Waals surface area contributed by atoms with Gasteiger partial charge in [0.15, 0.2) is 5.78 Å². The molecule has 0 aromatic heterocycles. The fraction of sp³-hybridized carbons (Fsp3) is 0.200. The van der Waals surface area contributed by atoms with E-state index in [0.717, 1.165) is 4.90 Å². The maximum Gasteiger partial charge on any atom is 0.326 e. The molecule has 2 aromatic carbocycles. The zero-order valence-corrected chi connectivity index (χ0v) is 16.1. The summed E-state index contributed by atoms with van der Waals surface area (Å²) in [4.78, 5) is 49.4. The molecule has 2 aromatic rings. The van der Waals surface area contributed by atoms with Crippen LogP contribution in [0, 0.1) is 0 Å². The van der Waals surface area contributed by atoms with Gasteiger partial charge in [-0.3, -0.25) is 24.1 Å². The van der Waals surface area contributed by atoms with Crippen LogP contribution in [-0.4, -0.2) is 41.6 Å². The Morgan fingerprint density at radius 1 is 0.929 bits per heavy atom. The summed E-state index contributed by atoms with van der Waals surface area (Å²) in [7, 11) is 0. The normalized spacial score (nSPS) is 12.9. The number of rotatable bonds is 7. The van der Waals surface area contributed by atoms with Crippen molar-refractivity contribution in [2.75, 3.05) is 13.2 Å². The summed E-state index contributed by atoms with van der Waals surface area (Å²) in [6.45, 7) is -0.507. The van der Waals surface area contributed by atoms with Gasteiger partial charge in [0.1, 0.15) is 6.54 Å². The van der Waals surface area contributed by atoms with E-state index in [4.69, 9.17) is 27.9 Å². The molecule has 6 nitrogen and oxygen atoms in total. The number of Topliss-reactive ketones (excluding diaryl/α,β-unsaturated/α-hetero) is 1. The van der Waals surface area contributed by atoms with Crippen molar-refractivity contribution in [2.24, 2.45) is 0 Å². The van der Waals surface area contributed by atoms with Crippen molar-refractivity contribution in [2.45, 2.75) is 12.8 Å². The van der Waals surface area contributed by atoms with Gasteiger partial charge in [-0.15, -0.1) is 0 Å². The zero-order chi connectivity index (χ0) is 20.3. The van der Waals surface area contributed by atoms with Crippen molar-refractivity contribution in [3.63, 3.8) is 0 Å². The third-order valence-electron chi connectivity index (χ3n) is 4.21. The number of halogens is 2. The third kappa shape index (κ3) is 4.24. The van der Waals surface area contributed by atoms with Crippen LogP contribution in [0.15, 0.2) is 42.5 Å². The molecule has 144 valence electrons. The molecule has 0 atom stereocenters. The van der Waals surface area contributed by atoms with Crippen molar-refractivity contribution in [3.05, 3.63) is 69.2 Å². The number of imide groups is 1. The summed E-state index contributed by atoms with van der Waals surface area (Å²) in [6.07, 6.45) is 0.564. The highest BCUT2D eigenvalue weighted by molar-refractivity contribution is 6.43. The highest BCUT2D eigenvalue weighted by Crippen LogP contribution is 2.31. The summed E-state index contributed by atoms with van der Waals surface area (Å²) in [6, 6.07) is 11.4. The van der Waals surface area contributed by atoms with E-state index in [1.165, 1.54) is 12.1 Å². The molecule has 2 amide bonds. The SMILES string of the molecule is O=C(CN1C(=O)c2cc(Cl)c(Cl)cc2C1=O)OCCCC(=O)c1ccccc1. The lowest BCUT2D eigenvalue weighted by atomic mass is 10.1. The number of fused-ring (bicyclic) bond motifs is 1. The molecule has 3 rings (SSSR count). The van der Waals surface area contributed by atoms with Gasteiger partial charge < -0.3 is 4.74 Å². The summed E-state index contributed by atoms with van der Waals surface area (Å²) in [5, 5.41) is 0.295. The van der Waals surface area contributed by atoms with Gasteiger partial charge in [0.25, 0.3) is 11.8 Å². The average Bonchev–Trinajstić information content (AvgIpc) is 2.90. The van der Waals surface area contributed by atoms with Gasteiger partial charge in [0.2, 0.25) is 0 Å². The molecular formula is C20H15Cl2NO5. The molecule has 8 heteroatoms. The van der Waals surface area contributed by atoms with Crippen LogP contribution in [0.5, 0.6) is 0 Å². The highest BCUT2D eigenvalue weighted by atomic mass is 35.5. The number of hydrogen-bond donors (Lipinski definition) is 0. The van der Waals surface area contributed by atoms with Crippen LogP contribution < -0.4 is 0 Å². The number of hydrogen-bond acceptors (Lipinski definition) is 5. The Balaban J connectivity index is 1.50. The number of ketones is 1. The Morgan fingerprint density at radius 3 is 2.07 bits per heavy atom. The van der Waals surface area contributed by atoms with E-state index in [1.54, 1.807) is 24.3 Å². The van der Waals surface area contributed by atoms with Gasteiger partial charge in [-0.2, -0.15) is 0 Å². The van der Waals surface area contributed by atoms with E-state index in [0.29, 0.717) is 12.0 Å². The number of amides is 2. The number of esters is 1. The molecule has 1 aliphatic heterocycles. The van der Waals surface area contributed by atoms with E-state index in [2.05, 4.69) is 0 Å². The van der Waals surface area contributed by atoms with E-state index >= 15 is 0 Å². The zero-order valence-electron chi connectivity index (χ0n) is 14.6. The molecule has 1 heterocycles. The van der Waals surface area contributed by atoms with Gasteiger partial charge in [-0.25, -0.2) is 0 Å². The lowest BCUT2D eigenvalue weighted by Gasteiger charge is -2.13. The molecule has 0 fully saturated rings. The van der Waals surface area contributed by atoms with E-state index in [1.807, 2.05) is 6.07 Å². The minimum absolute atomic E-state index is 0.0121. The van der Waals surface area contributed by atoms with Crippen LogP contribution in [-0.2, 0) is 9.53 Å². The topological polar surface area (TPSA) is 80.8 Å². The van der Waals surface area contributed by atoms with E-state index < -0.39 is 24.3 Å². The van der Waals surface area contributed by atoms with Crippen molar-refractivity contribution >= 4 is 46.8 Å². The van der Waals surface area contributed by atoms with Crippen LogP contribution in [0.4, 0.5) is 0 Å². The predicted molar refractivity (Wildman–Crippen MR) is 103 cm³/mol. The maximum absolute atomic E-state index is 12.3. The lowest BCUT2D eigenvalue weighted by Crippen LogP contribution is -2.35. The molecule has 0 radical (unpaired) electrons. The van der Waals surface area contributed by atoms with Gasteiger partial charge in [0, 0.05) is 12.0 Å². The molecule has 0 N–H and O–H groups in total. The predicted octanol–water partition coefficient (Wildman–Crippen LogP) is 3.80. The van der Waals surface area contributed by atoms with Gasteiger partial charge in [-0.1, -0.05) is 53.5 Å². The van der Waals surface area contributed by atoms with Crippen molar-refractivity contribution < 1.29 is 23.9 Å². The first-order valence-electron chi connectivity index (χ1n) is 8.47. The highest BCUT2D eigenvalue weighted by Gasteiger charge is 2.37. The largest absolute Gasteiger partial charge is 0.464 e. The standard InChI is InChI=1S/C20H15Cl2NO5/c21-15-9-13-14(10-16(15)22)20(27)23(19(13)26)11-18(25)28-8-4-7-17(24)12-5-2-1-3-6-12/h1-3,5-6,9-10H,4,7-8,11H2. The molecule has 0 unspecified atom stereocenters. The minimum Gasteiger partial charge on any atom is -0.464 e. The lowest BCUT2D eigenvalue weighted by molar-refractivity contribution is -0.144. The Morgan fingerprint density at radius 2 is 1.50 bits per heavy atom. The number of carbonyl (C=O) groups excluding carboxylic acids is 4. The Hall–Kier alpha value is -2.70. The van der Waals surface area contributed by atoms with Crippen LogP contribution in [0.25, 0.3) is 0 Å². The maximum atomic E-state index is 12.3. The second kappa shape index (κ2) is 8.54. The van der Waals surface area contributed by atoms with Crippen LogP contribution >= 0.6 is 23.2 Å². The van der Waals surface area contributed by atoms with E-state index in [-0.39, 0.29) is 40.0 Å². The van der Waals surface area contributed by atoms with Gasteiger partial charge in [0.05, 0.1) is 27.8 Å². The van der Waals surface area contributed by atoms with Crippen molar-refractivity contribution in [3.8, 4) is 0 Å². The van der Waals surface area contributed by atoms with Crippen LogP contribution in [0.1, 0.15) is 43.9 Å². The Labute approximate surface area is 171 Å². The molecule has 0 spiro atoms. The molecule has 0 bridgehead atoms. The fourth-order valence-corrected chi connectivity index (χ4v) is 3.12.